The molecule has 1 aromatic heterocycles. The highest BCUT2D eigenvalue weighted by molar-refractivity contribution is 7.80. The highest BCUT2D eigenvalue weighted by atomic mass is 35.5. The lowest BCUT2D eigenvalue weighted by atomic mass is 10.1. The van der Waals surface area contributed by atoms with Crippen molar-refractivity contribution in [1.29, 1.82) is 0 Å². The number of halogens is 3. The molecule has 1 heterocycles. The molecule has 3 nitrogen and oxygen atoms in total. The van der Waals surface area contributed by atoms with E-state index in [0.29, 0.717) is 31.7 Å². The van der Waals surface area contributed by atoms with Crippen molar-refractivity contribution in [1.82, 2.24) is 9.55 Å². The first kappa shape index (κ1) is 16.7. The Balaban J connectivity index is 2.41. The molecule has 0 atom stereocenters. The summed E-state index contributed by atoms with van der Waals surface area (Å²) in [5, 5.41) is 2.03. The second-order valence-corrected chi connectivity index (χ2v) is 6.85. The molecule has 0 amide bonds. The average Bonchev–Trinajstić information content (AvgIpc) is 2.47. The summed E-state index contributed by atoms with van der Waals surface area (Å²) in [6.07, 6.45) is 0. The van der Waals surface area contributed by atoms with Crippen LogP contribution in [0.5, 0.6) is 0 Å². The smallest absolute Gasteiger partial charge is 0.266 e. The Bertz CT molecular complexity index is 1010. The van der Waals surface area contributed by atoms with Crippen LogP contribution < -0.4 is 5.56 Å². The molecule has 0 fully saturated rings. The van der Waals surface area contributed by atoms with Gasteiger partial charge in [0.1, 0.15) is 0 Å². The lowest BCUT2D eigenvalue weighted by molar-refractivity contribution is 0.823. The van der Waals surface area contributed by atoms with E-state index in [4.69, 9.17) is 34.8 Å². The molecule has 0 N–H and O–H groups in total. The van der Waals surface area contributed by atoms with Crippen molar-refractivity contribution in [3.63, 3.8) is 0 Å². The first-order chi connectivity index (χ1) is 10.8. The molecule has 0 unspecified atom stereocenters. The monoisotopic (exact) mass is 384 g/mol. The largest absolute Gasteiger partial charge is 0.268 e. The summed E-state index contributed by atoms with van der Waals surface area (Å²) in [4.78, 5) is 17.3. The van der Waals surface area contributed by atoms with Gasteiger partial charge in [0.15, 0.2) is 5.16 Å². The molecular weight excluding hydrogens is 375 g/mol. The number of aryl methyl sites for hydroxylation is 2. The summed E-state index contributed by atoms with van der Waals surface area (Å²) in [6, 6.07) is 6.70. The molecule has 0 aliphatic carbocycles. The predicted octanol–water partition coefficient (Wildman–Crippen LogP) is 5.25. The first-order valence-electron chi connectivity index (χ1n) is 6.67. The summed E-state index contributed by atoms with van der Waals surface area (Å²) < 4.78 is 1.35. The van der Waals surface area contributed by atoms with Gasteiger partial charge in [-0.2, -0.15) is 0 Å². The SMILES string of the molecule is Cc1cc(-n2c(S)nc3cc(C)c(Cl)cc3c2=O)c(Cl)cc1Cl. The molecule has 0 saturated heterocycles. The minimum absolute atomic E-state index is 0.243. The van der Waals surface area contributed by atoms with Gasteiger partial charge >= 0.3 is 0 Å². The molecule has 2 aromatic carbocycles. The number of aromatic nitrogens is 2. The van der Waals surface area contributed by atoms with Crippen LogP contribution in [-0.4, -0.2) is 9.55 Å². The van der Waals surface area contributed by atoms with Crippen molar-refractivity contribution in [2.24, 2.45) is 0 Å². The molecule has 0 radical (unpaired) electrons. The maximum absolute atomic E-state index is 12.9. The van der Waals surface area contributed by atoms with Crippen LogP contribution in [0, 0.1) is 13.8 Å². The van der Waals surface area contributed by atoms with Gasteiger partial charge in [0.05, 0.1) is 21.6 Å². The molecular formula is C16H11Cl3N2OS. The van der Waals surface area contributed by atoms with Crippen LogP contribution in [0.2, 0.25) is 15.1 Å². The normalized spacial score (nSPS) is 11.2. The maximum atomic E-state index is 12.9. The summed E-state index contributed by atoms with van der Waals surface area (Å²) >= 11 is 22.8. The van der Waals surface area contributed by atoms with Crippen molar-refractivity contribution in [3.8, 4) is 5.69 Å². The van der Waals surface area contributed by atoms with Crippen LogP contribution in [0.4, 0.5) is 0 Å². The summed E-state index contributed by atoms with van der Waals surface area (Å²) in [5.41, 5.74) is 2.38. The molecule has 0 bridgehead atoms. The fraction of sp³-hybridized carbons (Fsp3) is 0.125. The number of hydrogen-bond donors (Lipinski definition) is 1. The zero-order valence-corrected chi connectivity index (χ0v) is 15.4. The van der Waals surface area contributed by atoms with Crippen molar-refractivity contribution in [3.05, 3.63) is 60.8 Å². The highest BCUT2D eigenvalue weighted by Gasteiger charge is 2.15. The van der Waals surface area contributed by atoms with Crippen molar-refractivity contribution >= 4 is 58.3 Å². The molecule has 0 saturated carbocycles. The number of fused-ring (bicyclic) bond motifs is 1. The number of rotatable bonds is 1. The van der Waals surface area contributed by atoms with Gasteiger partial charge in [-0.15, -0.1) is 12.6 Å². The Labute approximate surface area is 153 Å². The van der Waals surface area contributed by atoms with Gasteiger partial charge in [-0.1, -0.05) is 34.8 Å². The van der Waals surface area contributed by atoms with Crippen LogP contribution in [0.25, 0.3) is 16.6 Å². The van der Waals surface area contributed by atoms with E-state index in [1.54, 1.807) is 24.3 Å². The first-order valence-corrected chi connectivity index (χ1v) is 8.25. The van der Waals surface area contributed by atoms with E-state index in [1.807, 2.05) is 13.8 Å². The van der Waals surface area contributed by atoms with E-state index < -0.39 is 0 Å². The lowest BCUT2D eigenvalue weighted by Gasteiger charge is -2.13. The number of nitrogens with zero attached hydrogens (tertiary/aromatic N) is 2. The predicted molar refractivity (Wildman–Crippen MR) is 99.1 cm³/mol. The third kappa shape index (κ3) is 2.85. The summed E-state index contributed by atoms with van der Waals surface area (Å²) in [7, 11) is 0. The second kappa shape index (κ2) is 6.02. The third-order valence-corrected chi connectivity index (χ3v) is 5.02. The minimum atomic E-state index is -0.287. The van der Waals surface area contributed by atoms with Crippen LogP contribution in [0.1, 0.15) is 11.1 Å². The number of benzene rings is 2. The zero-order valence-electron chi connectivity index (χ0n) is 12.2. The van der Waals surface area contributed by atoms with E-state index in [-0.39, 0.29) is 10.7 Å². The second-order valence-electron chi connectivity index (χ2n) is 5.22. The van der Waals surface area contributed by atoms with Gasteiger partial charge in [0, 0.05) is 10.0 Å². The van der Waals surface area contributed by atoms with Crippen LogP contribution in [0.3, 0.4) is 0 Å². The summed E-state index contributed by atoms with van der Waals surface area (Å²) in [5.74, 6) is 0. The average molecular weight is 386 g/mol. The minimum Gasteiger partial charge on any atom is -0.268 e. The Morgan fingerprint density at radius 2 is 1.57 bits per heavy atom. The van der Waals surface area contributed by atoms with Gasteiger partial charge in [-0.3, -0.25) is 9.36 Å². The maximum Gasteiger partial charge on any atom is 0.266 e. The van der Waals surface area contributed by atoms with E-state index in [0.717, 1.165) is 11.1 Å². The molecule has 23 heavy (non-hydrogen) atoms. The Kier molecular flexibility index (Phi) is 4.36. The number of hydrogen-bond acceptors (Lipinski definition) is 3. The quantitative estimate of drug-likeness (QED) is 0.458. The van der Waals surface area contributed by atoms with Crippen LogP contribution >= 0.6 is 47.4 Å². The Morgan fingerprint density at radius 1 is 0.957 bits per heavy atom. The van der Waals surface area contributed by atoms with Gasteiger partial charge in [0.2, 0.25) is 0 Å². The van der Waals surface area contributed by atoms with Crippen LogP contribution in [0.15, 0.2) is 34.2 Å². The molecule has 3 rings (SSSR count). The van der Waals surface area contributed by atoms with Crippen LogP contribution in [-0.2, 0) is 0 Å². The van der Waals surface area contributed by atoms with Gasteiger partial charge in [-0.05, 0) is 49.2 Å². The Hall–Kier alpha value is -1.20. The fourth-order valence-corrected chi connectivity index (χ4v) is 3.27. The molecule has 0 aliphatic heterocycles. The Morgan fingerprint density at radius 3 is 2.26 bits per heavy atom. The topological polar surface area (TPSA) is 34.9 Å². The molecule has 7 heteroatoms. The molecule has 118 valence electrons. The van der Waals surface area contributed by atoms with E-state index in [1.165, 1.54) is 4.57 Å². The van der Waals surface area contributed by atoms with Crippen molar-refractivity contribution < 1.29 is 0 Å². The molecule has 3 aromatic rings. The standard InChI is InChI=1S/C16H11Cl3N2OS/c1-7-3-13-9(5-10(7)17)15(22)21(16(23)20-13)14-4-8(2)11(18)6-12(14)19/h3-6H,1-2H3,(H,20,23). The van der Waals surface area contributed by atoms with E-state index in [2.05, 4.69) is 17.6 Å². The van der Waals surface area contributed by atoms with Crippen molar-refractivity contribution in [2.45, 2.75) is 19.0 Å². The molecule has 0 aliphatic rings. The van der Waals surface area contributed by atoms with Gasteiger partial charge in [-0.25, -0.2) is 4.98 Å². The number of thiol groups is 1. The third-order valence-electron chi connectivity index (χ3n) is 3.60. The lowest BCUT2D eigenvalue weighted by Crippen LogP contribution is -2.21. The van der Waals surface area contributed by atoms with Crippen molar-refractivity contribution in [2.75, 3.05) is 0 Å². The fourth-order valence-electron chi connectivity index (χ4n) is 2.33. The highest BCUT2D eigenvalue weighted by Crippen LogP contribution is 2.29. The zero-order chi connectivity index (χ0) is 16.9. The van der Waals surface area contributed by atoms with Gasteiger partial charge < -0.3 is 0 Å². The van der Waals surface area contributed by atoms with Gasteiger partial charge in [0.25, 0.3) is 5.56 Å². The van der Waals surface area contributed by atoms with E-state index in [9.17, 15) is 4.79 Å². The molecule has 0 spiro atoms. The van der Waals surface area contributed by atoms with E-state index >= 15 is 0 Å². The summed E-state index contributed by atoms with van der Waals surface area (Å²) in [6.45, 7) is 3.69.